The van der Waals surface area contributed by atoms with Gasteiger partial charge in [-0.25, -0.2) is 9.97 Å². The van der Waals surface area contributed by atoms with Crippen LogP contribution in [0.1, 0.15) is 22.4 Å². The SMILES string of the molecule is O=[N+]([O-])c1cc(/C=N\Nc2ncnc3sc4c(c23)CCC4)ccc1O. The topological polar surface area (TPSA) is 114 Å². The molecule has 0 aliphatic heterocycles. The summed E-state index contributed by atoms with van der Waals surface area (Å²) in [5.74, 6) is 0.260. The van der Waals surface area contributed by atoms with Crippen molar-refractivity contribution in [1.82, 2.24) is 9.97 Å². The third kappa shape index (κ3) is 2.78. The summed E-state index contributed by atoms with van der Waals surface area (Å²) in [6, 6.07) is 4.08. The van der Waals surface area contributed by atoms with Crippen molar-refractivity contribution in [2.75, 3.05) is 5.43 Å². The van der Waals surface area contributed by atoms with E-state index in [0.717, 1.165) is 29.5 Å². The molecule has 0 amide bonds. The van der Waals surface area contributed by atoms with Gasteiger partial charge in [-0.3, -0.25) is 15.5 Å². The van der Waals surface area contributed by atoms with E-state index in [9.17, 15) is 15.2 Å². The van der Waals surface area contributed by atoms with Gasteiger partial charge in [0.2, 0.25) is 0 Å². The summed E-state index contributed by atoms with van der Waals surface area (Å²) in [5, 5.41) is 25.5. The Balaban J connectivity index is 1.62. The second-order valence-corrected chi connectivity index (χ2v) is 6.72. The van der Waals surface area contributed by atoms with E-state index < -0.39 is 4.92 Å². The van der Waals surface area contributed by atoms with E-state index in [1.54, 1.807) is 17.4 Å². The molecule has 0 fully saturated rings. The lowest BCUT2D eigenvalue weighted by Gasteiger charge is -2.02. The van der Waals surface area contributed by atoms with Crippen LogP contribution in [0.2, 0.25) is 0 Å². The second kappa shape index (κ2) is 6.10. The predicted molar refractivity (Wildman–Crippen MR) is 95.4 cm³/mol. The molecule has 2 aromatic heterocycles. The number of rotatable bonds is 4. The molecular weight excluding hydrogens is 342 g/mol. The monoisotopic (exact) mass is 355 g/mol. The first-order chi connectivity index (χ1) is 12.1. The highest BCUT2D eigenvalue weighted by molar-refractivity contribution is 7.19. The largest absolute Gasteiger partial charge is 0.502 e. The lowest BCUT2D eigenvalue weighted by Crippen LogP contribution is -1.96. The Labute approximate surface area is 146 Å². The lowest BCUT2D eigenvalue weighted by atomic mass is 10.2. The van der Waals surface area contributed by atoms with Crippen LogP contribution >= 0.6 is 11.3 Å². The van der Waals surface area contributed by atoms with Crippen LogP contribution in [-0.4, -0.2) is 26.2 Å². The number of nitrogens with zero attached hydrogens (tertiary/aromatic N) is 4. The van der Waals surface area contributed by atoms with Gasteiger partial charge in [0.25, 0.3) is 0 Å². The number of anilines is 1. The number of hydrogen-bond donors (Lipinski definition) is 2. The Hall–Kier alpha value is -3.07. The van der Waals surface area contributed by atoms with Crippen molar-refractivity contribution < 1.29 is 10.0 Å². The zero-order valence-electron chi connectivity index (χ0n) is 13.0. The first-order valence-electron chi connectivity index (χ1n) is 7.65. The standard InChI is InChI=1S/C16H13N5O3S/c22-12-5-4-9(6-11(12)21(23)24)7-19-20-15-14-10-2-1-3-13(10)25-16(14)18-8-17-15/h4-8,22H,1-3H2,(H,17,18,20)/b19-7-. The fourth-order valence-corrected chi connectivity index (χ4v) is 4.18. The van der Waals surface area contributed by atoms with E-state index in [1.807, 2.05) is 0 Å². The average Bonchev–Trinajstić information content (AvgIpc) is 3.17. The van der Waals surface area contributed by atoms with Crippen LogP contribution in [0.3, 0.4) is 0 Å². The highest BCUT2D eigenvalue weighted by Crippen LogP contribution is 2.38. The van der Waals surface area contributed by atoms with Gasteiger partial charge in [-0.15, -0.1) is 11.3 Å². The van der Waals surface area contributed by atoms with E-state index in [1.165, 1.54) is 35.1 Å². The summed E-state index contributed by atoms with van der Waals surface area (Å²) in [4.78, 5) is 21.1. The van der Waals surface area contributed by atoms with Gasteiger partial charge < -0.3 is 5.11 Å². The molecule has 0 atom stereocenters. The molecule has 3 aromatic rings. The van der Waals surface area contributed by atoms with Crippen LogP contribution < -0.4 is 5.43 Å². The van der Waals surface area contributed by atoms with Crippen molar-refractivity contribution in [3.63, 3.8) is 0 Å². The number of hydrazone groups is 1. The molecule has 4 rings (SSSR count). The molecule has 2 heterocycles. The number of nitro groups is 1. The van der Waals surface area contributed by atoms with Crippen molar-refractivity contribution in [3.8, 4) is 5.75 Å². The molecule has 25 heavy (non-hydrogen) atoms. The van der Waals surface area contributed by atoms with Crippen molar-refractivity contribution in [2.45, 2.75) is 19.3 Å². The Kier molecular flexibility index (Phi) is 3.77. The molecule has 0 saturated carbocycles. The number of aromatic nitrogens is 2. The van der Waals surface area contributed by atoms with E-state index in [0.29, 0.717) is 11.4 Å². The van der Waals surface area contributed by atoms with Crippen LogP contribution in [0.25, 0.3) is 10.2 Å². The number of phenolic OH excluding ortho intramolecular Hbond substituents is 1. The fourth-order valence-electron chi connectivity index (χ4n) is 2.95. The molecule has 0 radical (unpaired) electrons. The van der Waals surface area contributed by atoms with E-state index in [2.05, 4.69) is 20.5 Å². The summed E-state index contributed by atoms with van der Waals surface area (Å²) in [6.45, 7) is 0. The minimum Gasteiger partial charge on any atom is -0.502 e. The predicted octanol–water partition coefficient (Wildman–Crippen LogP) is 3.24. The molecule has 1 aromatic carbocycles. The van der Waals surface area contributed by atoms with Crippen LogP contribution in [0, 0.1) is 10.1 Å². The molecule has 2 N–H and O–H groups in total. The number of fused-ring (bicyclic) bond motifs is 3. The van der Waals surface area contributed by atoms with Gasteiger partial charge in [0.1, 0.15) is 11.2 Å². The molecule has 0 saturated heterocycles. The number of nitrogens with one attached hydrogen (secondary N) is 1. The maximum Gasteiger partial charge on any atom is 0.311 e. The van der Waals surface area contributed by atoms with Gasteiger partial charge in [0.15, 0.2) is 11.6 Å². The zero-order chi connectivity index (χ0) is 17.4. The number of aromatic hydroxyl groups is 1. The normalized spacial score (nSPS) is 13.4. The number of hydrogen-bond acceptors (Lipinski definition) is 8. The van der Waals surface area contributed by atoms with Gasteiger partial charge in [-0.05, 0) is 37.0 Å². The lowest BCUT2D eigenvalue weighted by molar-refractivity contribution is -0.385. The Bertz CT molecular complexity index is 1010. The summed E-state index contributed by atoms with van der Waals surface area (Å²) in [6.07, 6.45) is 6.19. The second-order valence-electron chi connectivity index (χ2n) is 5.64. The molecule has 1 aliphatic carbocycles. The average molecular weight is 355 g/mol. The van der Waals surface area contributed by atoms with Gasteiger partial charge in [0, 0.05) is 16.5 Å². The van der Waals surface area contributed by atoms with Crippen LogP contribution in [-0.2, 0) is 12.8 Å². The van der Waals surface area contributed by atoms with Gasteiger partial charge in [-0.2, -0.15) is 5.10 Å². The van der Waals surface area contributed by atoms with E-state index in [-0.39, 0.29) is 11.4 Å². The summed E-state index contributed by atoms with van der Waals surface area (Å²) >= 11 is 1.69. The maximum absolute atomic E-state index is 10.9. The Morgan fingerprint density at radius 2 is 2.24 bits per heavy atom. The number of phenols is 1. The highest BCUT2D eigenvalue weighted by atomic mass is 32.1. The first kappa shape index (κ1) is 15.5. The fraction of sp³-hybridized carbons (Fsp3) is 0.188. The molecule has 0 spiro atoms. The minimum atomic E-state index is -0.636. The molecule has 9 heteroatoms. The van der Waals surface area contributed by atoms with Crippen molar-refractivity contribution in [2.24, 2.45) is 5.10 Å². The van der Waals surface area contributed by atoms with E-state index >= 15 is 0 Å². The van der Waals surface area contributed by atoms with Crippen molar-refractivity contribution in [1.29, 1.82) is 0 Å². The van der Waals surface area contributed by atoms with Crippen LogP contribution in [0.5, 0.6) is 5.75 Å². The summed E-state index contributed by atoms with van der Waals surface area (Å²) < 4.78 is 0. The highest BCUT2D eigenvalue weighted by Gasteiger charge is 2.21. The van der Waals surface area contributed by atoms with Crippen molar-refractivity contribution >= 4 is 39.3 Å². The number of thiophene rings is 1. The smallest absolute Gasteiger partial charge is 0.311 e. The molecule has 126 valence electrons. The quantitative estimate of drug-likeness (QED) is 0.422. The minimum absolute atomic E-state index is 0.357. The molecular formula is C16H13N5O3S. The number of nitro benzene ring substituents is 1. The zero-order valence-corrected chi connectivity index (χ0v) is 13.8. The van der Waals surface area contributed by atoms with Gasteiger partial charge >= 0.3 is 5.69 Å². The first-order valence-corrected chi connectivity index (χ1v) is 8.47. The van der Waals surface area contributed by atoms with Crippen LogP contribution in [0.15, 0.2) is 29.6 Å². The van der Waals surface area contributed by atoms with E-state index in [4.69, 9.17) is 0 Å². The molecule has 0 unspecified atom stereocenters. The summed E-state index contributed by atoms with van der Waals surface area (Å²) in [5.41, 5.74) is 4.34. The number of aryl methyl sites for hydroxylation is 2. The van der Waals surface area contributed by atoms with Crippen LogP contribution in [0.4, 0.5) is 11.5 Å². The summed E-state index contributed by atoms with van der Waals surface area (Å²) in [7, 11) is 0. The Morgan fingerprint density at radius 3 is 3.08 bits per heavy atom. The third-order valence-electron chi connectivity index (χ3n) is 4.08. The van der Waals surface area contributed by atoms with Gasteiger partial charge in [0.05, 0.1) is 16.5 Å². The van der Waals surface area contributed by atoms with Gasteiger partial charge in [-0.1, -0.05) is 0 Å². The number of benzene rings is 1. The van der Waals surface area contributed by atoms with Crippen molar-refractivity contribution in [3.05, 3.63) is 50.6 Å². The molecule has 8 nitrogen and oxygen atoms in total. The third-order valence-corrected chi connectivity index (χ3v) is 5.28. The molecule has 0 bridgehead atoms. The molecule has 1 aliphatic rings. The Morgan fingerprint density at radius 1 is 1.36 bits per heavy atom. The maximum atomic E-state index is 10.9.